The highest BCUT2D eigenvalue weighted by Crippen LogP contribution is 2.38. The van der Waals surface area contributed by atoms with E-state index in [2.05, 4.69) is 5.32 Å². The van der Waals surface area contributed by atoms with Crippen LogP contribution in [-0.4, -0.2) is 6.09 Å². The Bertz CT molecular complexity index is 708. The standard InChI is InChI=1S/C15H10Cl2FNO2/c16-9-3-1-2-8(6-9)14-13(19-15(20)21-14)11-5-4-10(17)7-12(11)18/h1-7,13-14H,(H,19,20)/t13-,14?/m1/s1. The van der Waals surface area contributed by atoms with Gasteiger partial charge in [0.05, 0.1) is 0 Å². The molecule has 1 unspecified atom stereocenters. The van der Waals surface area contributed by atoms with E-state index >= 15 is 0 Å². The fourth-order valence-electron chi connectivity index (χ4n) is 2.36. The third-order valence-electron chi connectivity index (χ3n) is 3.28. The molecule has 2 aromatic rings. The normalized spacial score (nSPS) is 21.0. The van der Waals surface area contributed by atoms with Crippen LogP contribution in [0.5, 0.6) is 0 Å². The molecule has 1 aliphatic heterocycles. The molecule has 1 amide bonds. The zero-order chi connectivity index (χ0) is 15.0. The van der Waals surface area contributed by atoms with Crippen LogP contribution < -0.4 is 5.32 Å². The molecule has 0 aliphatic carbocycles. The summed E-state index contributed by atoms with van der Waals surface area (Å²) in [6.07, 6.45) is -1.24. The van der Waals surface area contributed by atoms with Gasteiger partial charge in [-0.25, -0.2) is 9.18 Å². The Balaban J connectivity index is 2.01. The maximum Gasteiger partial charge on any atom is 0.408 e. The lowest BCUT2D eigenvalue weighted by Gasteiger charge is -2.18. The molecule has 1 N–H and O–H groups in total. The number of carbonyl (C=O) groups excluding carboxylic acids is 1. The number of nitrogens with one attached hydrogen (secondary N) is 1. The molecule has 21 heavy (non-hydrogen) atoms. The van der Waals surface area contributed by atoms with Gasteiger partial charge in [-0.1, -0.05) is 41.4 Å². The second kappa shape index (κ2) is 5.54. The zero-order valence-corrected chi connectivity index (χ0v) is 12.2. The Hall–Kier alpha value is -1.78. The monoisotopic (exact) mass is 325 g/mol. The molecule has 1 aliphatic rings. The Morgan fingerprint density at radius 2 is 1.86 bits per heavy atom. The summed E-state index contributed by atoms with van der Waals surface area (Å²) in [5.41, 5.74) is 1.01. The van der Waals surface area contributed by atoms with E-state index in [-0.39, 0.29) is 0 Å². The van der Waals surface area contributed by atoms with E-state index in [0.29, 0.717) is 21.2 Å². The lowest BCUT2D eigenvalue weighted by Crippen LogP contribution is -2.20. The molecule has 108 valence electrons. The highest BCUT2D eigenvalue weighted by atomic mass is 35.5. The second-order valence-electron chi connectivity index (χ2n) is 4.67. The number of rotatable bonds is 2. The van der Waals surface area contributed by atoms with Crippen LogP contribution >= 0.6 is 23.2 Å². The first kappa shape index (κ1) is 14.2. The topological polar surface area (TPSA) is 38.3 Å². The number of hydrogen-bond acceptors (Lipinski definition) is 2. The molecule has 1 fully saturated rings. The molecule has 1 heterocycles. The Morgan fingerprint density at radius 3 is 2.57 bits per heavy atom. The van der Waals surface area contributed by atoms with Gasteiger partial charge in [-0.15, -0.1) is 0 Å². The maximum atomic E-state index is 14.1. The summed E-state index contributed by atoms with van der Waals surface area (Å²) < 4.78 is 19.3. The van der Waals surface area contributed by atoms with Crippen molar-refractivity contribution >= 4 is 29.3 Å². The minimum Gasteiger partial charge on any atom is -0.439 e. The molecule has 0 spiro atoms. The van der Waals surface area contributed by atoms with E-state index in [4.69, 9.17) is 27.9 Å². The Kier molecular flexibility index (Phi) is 3.74. The average Bonchev–Trinajstić information content (AvgIpc) is 2.80. The molecule has 3 nitrogen and oxygen atoms in total. The van der Waals surface area contributed by atoms with Gasteiger partial charge in [0, 0.05) is 15.6 Å². The van der Waals surface area contributed by atoms with Crippen LogP contribution in [0.15, 0.2) is 42.5 Å². The molecule has 0 aromatic heterocycles. The average molecular weight is 326 g/mol. The van der Waals surface area contributed by atoms with Gasteiger partial charge in [-0.05, 0) is 29.8 Å². The number of benzene rings is 2. The number of halogens is 3. The number of ether oxygens (including phenoxy) is 1. The van der Waals surface area contributed by atoms with E-state index in [0.717, 1.165) is 0 Å². The molecular formula is C15H10Cl2FNO2. The van der Waals surface area contributed by atoms with Crippen LogP contribution in [0.4, 0.5) is 9.18 Å². The summed E-state index contributed by atoms with van der Waals surface area (Å²) in [5.74, 6) is -0.495. The molecule has 2 atom stereocenters. The fourth-order valence-corrected chi connectivity index (χ4v) is 2.72. The summed E-state index contributed by atoms with van der Waals surface area (Å²) in [5, 5.41) is 3.42. The molecular weight excluding hydrogens is 316 g/mol. The van der Waals surface area contributed by atoms with Gasteiger partial charge in [0.1, 0.15) is 11.9 Å². The molecule has 6 heteroatoms. The van der Waals surface area contributed by atoms with Crippen molar-refractivity contribution in [3.63, 3.8) is 0 Å². The molecule has 0 saturated carbocycles. The Labute approximate surface area is 130 Å². The van der Waals surface area contributed by atoms with Crippen molar-refractivity contribution in [3.8, 4) is 0 Å². The highest BCUT2D eigenvalue weighted by Gasteiger charge is 2.37. The maximum absolute atomic E-state index is 14.1. The van der Waals surface area contributed by atoms with Crippen molar-refractivity contribution in [1.82, 2.24) is 5.32 Å². The summed E-state index contributed by atoms with van der Waals surface area (Å²) in [7, 11) is 0. The predicted octanol–water partition coefficient (Wildman–Crippen LogP) is 4.65. The molecule has 0 bridgehead atoms. The number of alkyl carbamates (subject to hydrolysis) is 1. The van der Waals surface area contributed by atoms with Gasteiger partial charge in [0.25, 0.3) is 0 Å². The summed E-state index contributed by atoms with van der Waals surface area (Å²) in [6, 6.07) is 10.6. The van der Waals surface area contributed by atoms with E-state index in [1.54, 1.807) is 30.3 Å². The van der Waals surface area contributed by atoms with E-state index < -0.39 is 24.1 Å². The first-order chi connectivity index (χ1) is 10.0. The quantitative estimate of drug-likeness (QED) is 0.872. The first-order valence-electron chi connectivity index (χ1n) is 6.22. The van der Waals surface area contributed by atoms with Crippen LogP contribution in [0.25, 0.3) is 0 Å². The summed E-state index contributed by atoms with van der Waals surface area (Å²) in [4.78, 5) is 11.6. The van der Waals surface area contributed by atoms with Crippen molar-refractivity contribution in [3.05, 3.63) is 69.5 Å². The van der Waals surface area contributed by atoms with Crippen LogP contribution in [0.3, 0.4) is 0 Å². The predicted molar refractivity (Wildman–Crippen MR) is 78.0 cm³/mol. The van der Waals surface area contributed by atoms with Crippen molar-refractivity contribution in [2.24, 2.45) is 0 Å². The number of cyclic esters (lactones) is 1. The van der Waals surface area contributed by atoms with Crippen molar-refractivity contribution < 1.29 is 13.9 Å². The van der Waals surface area contributed by atoms with Crippen molar-refractivity contribution in [2.75, 3.05) is 0 Å². The molecule has 2 aromatic carbocycles. The van der Waals surface area contributed by atoms with Crippen LogP contribution in [-0.2, 0) is 4.74 Å². The fraction of sp³-hybridized carbons (Fsp3) is 0.133. The molecule has 1 saturated heterocycles. The summed E-state index contributed by atoms with van der Waals surface area (Å²) >= 11 is 11.7. The first-order valence-corrected chi connectivity index (χ1v) is 6.98. The van der Waals surface area contributed by atoms with Gasteiger partial charge in [-0.2, -0.15) is 0 Å². The number of hydrogen-bond donors (Lipinski definition) is 1. The number of carbonyl (C=O) groups is 1. The largest absolute Gasteiger partial charge is 0.439 e. The van der Waals surface area contributed by atoms with Crippen LogP contribution in [0.2, 0.25) is 10.0 Å². The van der Waals surface area contributed by atoms with Crippen molar-refractivity contribution in [2.45, 2.75) is 12.1 Å². The van der Waals surface area contributed by atoms with Crippen molar-refractivity contribution in [1.29, 1.82) is 0 Å². The SMILES string of the molecule is O=C1N[C@H](c2ccc(Cl)cc2F)C(c2cccc(Cl)c2)O1. The van der Waals surface area contributed by atoms with Gasteiger partial charge in [0.2, 0.25) is 0 Å². The lowest BCUT2D eigenvalue weighted by atomic mass is 9.96. The zero-order valence-electron chi connectivity index (χ0n) is 10.6. The molecule has 3 rings (SSSR count). The number of amides is 1. The van der Waals surface area contributed by atoms with E-state index in [1.165, 1.54) is 12.1 Å². The lowest BCUT2D eigenvalue weighted by molar-refractivity contribution is 0.132. The summed E-state index contributed by atoms with van der Waals surface area (Å²) in [6.45, 7) is 0. The van der Waals surface area contributed by atoms with Crippen LogP contribution in [0, 0.1) is 5.82 Å². The highest BCUT2D eigenvalue weighted by molar-refractivity contribution is 6.30. The smallest absolute Gasteiger partial charge is 0.408 e. The third-order valence-corrected chi connectivity index (χ3v) is 3.76. The second-order valence-corrected chi connectivity index (χ2v) is 5.54. The van der Waals surface area contributed by atoms with Crippen LogP contribution in [0.1, 0.15) is 23.3 Å². The van der Waals surface area contributed by atoms with Gasteiger partial charge in [-0.3, -0.25) is 0 Å². The minimum absolute atomic E-state index is 0.292. The van der Waals surface area contributed by atoms with Gasteiger partial charge < -0.3 is 10.1 Å². The molecule has 0 radical (unpaired) electrons. The van der Waals surface area contributed by atoms with E-state index in [1.807, 2.05) is 0 Å². The van der Waals surface area contributed by atoms with E-state index in [9.17, 15) is 9.18 Å². The minimum atomic E-state index is -0.646. The third kappa shape index (κ3) is 2.82. The van der Waals surface area contributed by atoms with Gasteiger partial charge >= 0.3 is 6.09 Å². The Morgan fingerprint density at radius 1 is 1.10 bits per heavy atom. The van der Waals surface area contributed by atoms with Gasteiger partial charge in [0.15, 0.2) is 6.10 Å².